The van der Waals surface area contributed by atoms with Gasteiger partial charge in [0.05, 0.1) is 24.7 Å². The van der Waals surface area contributed by atoms with E-state index in [0.717, 1.165) is 29.0 Å². The van der Waals surface area contributed by atoms with Crippen molar-refractivity contribution in [2.75, 3.05) is 6.61 Å². The first kappa shape index (κ1) is 21.8. The molecule has 0 aliphatic rings. The Morgan fingerprint density at radius 1 is 0.700 bits per heavy atom. The van der Waals surface area contributed by atoms with Crippen LogP contribution >= 0.6 is 0 Å². The van der Waals surface area contributed by atoms with Crippen molar-refractivity contribution < 1.29 is 9.47 Å². The number of ether oxygens (including phenoxy) is 2. The number of aryl methyl sites for hydroxylation is 1. The first-order valence-corrected chi connectivity index (χ1v) is 11.0. The van der Waals surface area contributed by atoms with Crippen molar-refractivity contribution in [2.45, 2.75) is 59.0 Å². The third-order valence-corrected chi connectivity index (χ3v) is 5.07. The van der Waals surface area contributed by atoms with E-state index in [9.17, 15) is 0 Å². The van der Waals surface area contributed by atoms with Gasteiger partial charge in [0.15, 0.2) is 0 Å². The largest absolute Gasteiger partial charge is 0.494 e. The summed E-state index contributed by atoms with van der Waals surface area (Å²) in [5.41, 5.74) is 4.35. The minimum Gasteiger partial charge on any atom is -0.494 e. The van der Waals surface area contributed by atoms with Gasteiger partial charge < -0.3 is 9.47 Å². The first-order chi connectivity index (χ1) is 14.8. The molecule has 0 saturated heterocycles. The zero-order valence-electron chi connectivity index (χ0n) is 18.1. The molecule has 3 rings (SSSR count). The van der Waals surface area contributed by atoms with Crippen molar-refractivity contribution in [3.63, 3.8) is 0 Å². The van der Waals surface area contributed by atoms with Crippen molar-refractivity contribution in [3.05, 3.63) is 72.1 Å². The van der Waals surface area contributed by atoms with Gasteiger partial charge >= 0.3 is 0 Å². The summed E-state index contributed by atoms with van der Waals surface area (Å²) in [5, 5.41) is 0. The number of benzene rings is 2. The van der Waals surface area contributed by atoms with Gasteiger partial charge in [-0.05, 0) is 55.2 Å². The highest BCUT2D eigenvalue weighted by Gasteiger charge is 2.03. The fourth-order valence-electron chi connectivity index (χ4n) is 3.32. The van der Waals surface area contributed by atoms with Crippen LogP contribution in [-0.4, -0.2) is 16.6 Å². The molecule has 0 spiro atoms. The number of nitrogens with zero attached hydrogens (tertiary/aromatic N) is 2. The maximum absolute atomic E-state index is 5.81. The Morgan fingerprint density at radius 2 is 1.43 bits per heavy atom. The first-order valence-electron chi connectivity index (χ1n) is 11.0. The fourth-order valence-corrected chi connectivity index (χ4v) is 3.32. The van der Waals surface area contributed by atoms with E-state index in [2.05, 4.69) is 41.2 Å². The third-order valence-electron chi connectivity index (χ3n) is 5.07. The molecule has 0 aliphatic heterocycles. The number of unbranched alkanes of at least 4 members (excludes halogenated alkanes) is 4. The predicted octanol–water partition coefficient (Wildman–Crippen LogP) is 6.63. The smallest absolute Gasteiger partial charge is 0.232 e. The highest BCUT2D eigenvalue weighted by atomic mass is 16.5. The van der Waals surface area contributed by atoms with Crippen molar-refractivity contribution in [1.29, 1.82) is 0 Å². The molecule has 0 fully saturated rings. The lowest BCUT2D eigenvalue weighted by molar-refractivity contribution is 0.292. The maximum atomic E-state index is 5.81. The van der Waals surface area contributed by atoms with E-state index in [-0.39, 0.29) is 0 Å². The lowest BCUT2D eigenvalue weighted by atomic mass is 10.0. The van der Waals surface area contributed by atoms with Gasteiger partial charge in [0, 0.05) is 5.56 Å². The number of hydrogen-bond donors (Lipinski definition) is 0. The Hall–Kier alpha value is -2.88. The molecule has 0 aliphatic carbocycles. The van der Waals surface area contributed by atoms with Crippen LogP contribution < -0.4 is 9.47 Å². The molecule has 0 N–H and O–H groups in total. The second-order valence-electron chi connectivity index (χ2n) is 7.47. The number of rotatable bonds is 12. The standard InChI is InChI=1S/C26H32N2O2/c1-3-5-6-7-8-9-21-10-12-22(13-11-21)20-30-26-19-27-25(18-28-26)23-14-16-24(17-15-23)29-4-2/h10-19H,3-9,20H2,1-2H3. The van der Waals surface area contributed by atoms with Crippen LogP contribution in [0.5, 0.6) is 11.6 Å². The summed E-state index contributed by atoms with van der Waals surface area (Å²) >= 11 is 0. The van der Waals surface area contributed by atoms with Gasteiger partial charge in [-0.3, -0.25) is 0 Å². The molecule has 4 heteroatoms. The van der Waals surface area contributed by atoms with Crippen molar-refractivity contribution in [2.24, 2.45) is 0 Å². The maximum Gasteiger partial charge on any atom is 0.232 e. The van der Waals surface area contributed by atoms with E-state index in [1.807, 2.05) is 31.2 Å². The average molecular weight is 405 g/mol. The van der Waals surface area contributed by atoms with Gasteiger partial charge in [0.25, 0.3) is 0 Å². The summed E-state index contributed by atoms with van der Waals surface area (Å²) in [6.45, 7) is 5.38. The van der Waals surface area contributed by atoms with Crippen molar-refractivity contribution in [1.82, 2.24) is 9.97 Å². The minimum atomic E-state index is 0.494. The van der Waals surface area contributed by atoms with E-state index in [1.54, 1.807) is 12.4 Å². The summed E-state index contributed by atoms with van der Waals surface area (Å²) in [4.78, 5) is 8.87. The summed E-state index contributed by atoms with van der Waals surface area (Å²) in [6.07, 6.45) is 11.2. The molecule has 0 bridgehead atoms. The molecule has 2 aromatic carbocycles. The molecular weight excluding hydrogens is 372 g/mol. The minimum absolute atomic E-state index is 0.494. The van der Waals surface area contributed by atoms with E-state index in [0.29, 0.717) is 19.1 Å². The lowest BCUT2D eigenvalue weighted by Gasteiger charge is -2.08. The van der Waals surface area contributed by atoms with Gasteiger partial charge in [0.2, 0.25) is 5.88 Å². The van der Waals surface area contributed by atoms with Crippen LogP contribution in [0.25, 0.3) is 11.3 Å². The van der Waals surface area contributed by atoms with Crippen LogP contribution in [0.2, 0.25) is 0 Å². The molecule has 0 amide bonds. The van der Waals surface area contributed by atoms with Crippen molar-refractivity contribution >= 4 is 0 Å². The van der Waals surface area contributed by atoms with Crippen LogP contribution in [0.3, 0.4) is 0 Å². The van der Waals surface area contributed by atoms with Gasteiger partial charge in [-0.1, -0.05) is 56.9 Å². The predicted molar refractivity (Wildman–Crippen MR) is 122 cm³/mol. The topological polar surface area (TPSA) is 44.2 Å². The molecule has 30 heavy (non-hydrogen) atoms. The van der Waals surface area contributed by atoms with E-state index >= 15 is 0 Å². The SMILES string of the molecule is CCCCCCCc1ccc(COc2cnc(-c3ccc(OCC)cc3)cn2)cc1. The molecule has 0 saturated carbocycles. The Balaban J connectivity index is 1.46. The van der Waals surface area contributed by atoms with Gasteiger partial charge in [-0.15, -0.1) is 0 Å². The molecule has 0 atom stereocenters. The summed E-state index contributed by atoms with van der Waals surface area (Å²) in [7, 11) is 0. The van der Waals surface area contributed by atoms with Gasteiger partial charge in [0.1, 0.15) is 12.4 Å². The average Bonchev–Trinajstić information content (AvgIpc) is 2.79. The van der Waals surface area contributed by atoms with Crippen LogP contribution in [-0.2, 0) is 13.0 Å². The number of hydrogen-bond acceptors (Lipinski definition) is 4. The second-order valence-corrected chi connectivity index (χ2v) is 7.47. The molecule has 158 valence electrons. The molecule has 1 heterocycles. The Labute approximate surface area is 180 Å². The molecular formula is C26H32N2O2. The van der Waals surface area contributed by atoms with E-state index in [4.69, 9.17) is 9.47 Å². The molecule has 0 radical (unpaired) electrons. The Kier molecular flexibility index (Phi) is 8.70. The van der Waals surface area contributed by atoms with E-state index < -0.39 is 0 Å². The van der Waals surface area contributed by atoms with Crippen LogP contribution in [0, 0.1) is 0 Å². The quantitative estimate of drug-likeness (QED) is 0.318. The van der Waals surface area contributed by atoms with Crippen LogP contribution in [0.15, 0.2) is 60.9 Å². The molecule has 3 aromatic rings. The highest BCUT2D eigenvalue weighted by Crippen LogP contribution is 2.21. The summed E-state index contributed by atoms with van der Waals surface area (Å²) < 4.78 is 11.3. The normalized spacial score (nSPS) is 10.7. The van der Waals surface area contributed by atoms with E-state index in [1.165, 1.54) is 37.7 Å². The summed E-state index contributed by atoms with van der Waals surface area (Å²) in [5.74, 6) is 1.39. The number of aromatic nitrogens is 2. The zero-order chi connectivity index (χ0) is 21.0. The molecule has 4 nitrogen and oxygen atoms in total. The summed E-state index contributed by atoms with van der Waals surface area (Å²) in [6, 6.07) is 16.6. The second kappa shape index (κ2) is 12.0. The highest BCUT2D eigenvalue weighted by molar-refractivity contribution is 5.59. The van der Waals surface area contributed by atoms with Gasteiger partial charge in [-0.25, -0.2) is 9.97 Å². The van der Waals surface area contributed by atoms with Crippen LogP contribution in [0.4, 0.5) is 0 Å². The monoisotopic (exact) mass is 404 g/mol. The molecule has 0 unspecified atom stereocenters. The Morgan fingerprint density at radius 3 is 2.10 bits per heavy atom. The Bertz CT molecular complexity index is 859. The third kappa shape index (κ3) is 6.87. The zero-order valence-corrected chi connectivity index (χ0v) is 18.1. The molecule has 1 aromatic heterocycles. The van der Waals surface area contributed by atoms with Crippen LogP contribution in [0.1, 0.15) is 57.1 Å². The lowest BCUT2D eigenvalue weighted by Crippen LogP contribution is -1.99. The fraction of sp³-hybridized carbons (Fsp3) is 0.385. The van der Waals surface area contributed by atoms with Gasteiger partial charge in [-0.2, -0.15) is 0 Å². The van der Waals surface area contributed by atoms with Crippen molar-refractivity contribution in [3.8, 4) is 22.9 Å².